The monoisotopic (exact) mass is 595 g/mol. The first-order chi connectivity index (χ1) is 19.1. The molecule has 1 aliphatic heterocycles. The second-order valence-electron chi connectivity index (χ2n) is 9.32. The zero-order valence-corrected chi connectivity index (χ0v) is 23.5. The molecule has 1 atom stereocenters. The van der Waals surface area contributed by atoms with Crippen molar-refractivity contribution in [2.45, 2.75) is 6.10 Å². The predicted molar refractivity (Wildman–Crippen MR) is 158 cm³/mol. The second-order valence-corrected chi connectivity index (χ2v) is 11.3. The first-order valence-electron chi connectivity index (χ1n) is 12.4. The number of nitrogens with zero attached hydrogens (tertiary/aromatic N) is 1. The molecule has 0 fully saturated rings. The summed E-state index contributed by atoms with van der Waals surface area (Å²) in [6, 6.07) is 29.4. The van der Waals surface area contributed by atoms with Crippen LogP contribution in [0.4, 0.5) is 0 Å². The Bertz CT molecular complexity index is 1890. The maximum atomic E-state index is 14.4. The van der Waals surface area contributed by atoms with Gasteiger partial charge >= 0.3 is 0 Å². The Balaban J connectivity index is 1.58. The highest BCUT2D eigenvalue weighted by atomic mass is 79.9. The van der Waals surface area contributed by atoms with Crippen LogP contribution < -0.4 is 14.2 Å². The second kappa shape index (κ2) is 9.29. The summed E-state index contributed by atoms with van der Waals surface area (Å²) in [5.74, 6) is 2.16. The van der Waals surface area contributed by atoms with E-state index < -0.39 is 6.10 Å². The molecule has 0 spiro atoms. The number of benzene rings is 4. The molecule has 0 saturated carbocycles. The average Bonchev–Trinajstić information content (AvgIpc) is 3.52. The molecule has 7 rings (SSSR count). The average molecular weight is 597 g/mol. The van der Waals surface area contributed by atoms with Gasteiger partial charge in [0, 0.05) is 26.7 Å². The fourth-order valence-corrected chi connectivity index (χ4v) is 6.92. The minimum atomic E-state index is -0.403. The fraction of sp³-hybridized carbons (Fsp3) is 0.0938. The van der Waals surface area contributed by atoms with Crippen molar-refractivity contribution >= 4 is 48.1 Å². The largest absolute Gasteiger partial charge is 0.497 e. The Kier molecular flexibility index (Phi) is 5.72. The molecule has 3 heterocycles. The number of ether oxygens (including phenoxy) is 3. The Morgan fingerprint density at radius 1 is 0.897 bits per heavy atom. The molecule has 192 valence electrons. The third kappa shape index (κ3) is 3.76. The molecule has 1 aliphatic rings. The van der Waals surface area contributed by atoms with E-state index >= 15 is 0 Å². The van der Waals surface area contributed by atoms with Crippen molar-refractivity contribution in [3.05, 3.63) is 118 Å². The number of hydrogen-bond donors (Lipinski definition) is 0. The number of rotatable bonds is 5. The van der Waals surface area contributed by atoms with Crippen molar-refractivity contribution in [3.8, 4) is 28.4 Å². The fourth-order valence-electron chi connectivity index (χ4n) is 5.34. The first kappa shape index (κ1) is 24.0. The summed E-state index contributed by atoms with van der Waals surface area (Å²) >= 11 is 5.32. The van der Waals surface area contributed by atoms with Crippen molar-refractivity contribution in [1.29, 1.82) is 0 Å². The molecule has 6 aromatic rings. The van der Waals surface area contributed by atoms with Crippen molar-refractivity contribution in [3.63, 3.8) is 0 Å². The molecular formula is C32H22BrNO4S. The SMILES string of the molecule is COc1ccc(C(=O)c2c3c(c4sc5ccccc5n24)[C@@H](c2ccc(OC)cc2)Oc2ccc(Br)cc2-3)cc1. The van der Waals surface area contributed by atoms with Crippen LogP contribution in [0.5, 0.6) is 17.2 Å². The quantitative estimate of drug-likeness (QED) is 0.188. The highest BCUT2D eigenvalue weighted by molar-refractivity contribution is 9.10. The third-order valence-electron chi connectivity index (χ3n) is 7.18. The zero-order chi connectivity index (χ0) is 26.7. The van der Waals surface area contributed by atoms with Gasteiger partial charge in [0.25, 0.3) is 0 Å². The van der Waals surface area contributed by atoms with Crippen molar-refractivity contribution in [1.82, 2.24) is 4.40 Å². The summed E-state index contributed by atoms with van der Waals surface area (Å²) in [6.07, 6.45) is -0.403. The summed E-state index contributed by atoms with van der Waals surface area (Å²) < 4.78 is 21.6. The predicted octanol–water partition coefficient (Wildman–Crippen LogP) is 8.31. The van der Waals surface area contributed by atoms with E-state index in [4.69, 9.17) is 14.2 Å². The first-order valence-corrected chi connectivity index (χ1v) is 14.0. The van der Waals surface area contributed by atoms with E-state index in [0.29, 0.717) is 17.0 Å². The van der Waals surface area contributed by atoms with Gasteiger partial charge in [0.1, 0.15) is 27.8 Å². The summed E-state index contributed by atoms with van der Waals surface area (Å²) in [6.45, 7) is 0. The van der Waals surface area contributed by atoms with Gasteiger partial charge in [0.05, 0.1) is 24.4 Å². The smallest absolute Gasteiger partial charge is 0.210 e. The summed E-state index contributed by atoms with van der Waals surface area (Å²) in [5.41, 5.74) is 5.98. The highest BCUT2D eigenvalue weighted by Gasteiger charge is 2.37. The molecule has 0 amide bonds. The van der Waals surface area contributed by atoms with Gasteiger partial charge in [-0.3, -0.25) is 9.20 Å². The Hall–Kier alpha value is -4.07. The van der Waals surface area contributed by atoms with Crippen LogP contribution in [0, 0.1) is 0 Å². The summed E-state index contributed by atoms with van der Waals surface area (Å²) in [5, 5.41) is 0. The lowest BCUT2D eigenvalue weighted by Crippen LogP contribution is -2.16. The van der Waals surface area contributed by atoms with Gasteiger partial charge in [-0.25, -0.2) is 0 Å². The number of methoxy groups -OCH3 is 2. The van der Waals surface area contributed by atoms with Crippen LogP contribution in [0.15, 0.2) is 95.5 Å². The molecule has 0 bridgehead atoms. The van der Waals surface area contributed by atoms with Crippen LogP contribution in [-0.2, 0) is 0 Å². The van der Waals surface area contributed by atoms with E-state index in [0.717, 1.165) is 53.3 Å². The summed E-state index contributed by atoms with van der Waals surface area (Å²) in [7, 11) is 3.28. The van der Waals surface area contributed by atoms with Gasteiger partial charge in [-0.15, -0.1) is 11.3 Å². The lowest BCUT2D eigenvalue weighted by molar-refractivity contribution is 0.103. The van der Waals surface area contributed by atoms with Crippen LogP contribution in [0.3, 0.4) is 0 Å². The molecule has 0 aliphatic carbocycles. The number of carbonyl (C=O) groups excluding carboxylic acids is 1. The molecule has 5 nitrogen and oxygen atoms in total. The molecule has 39 heavy (non-hydrogen) atoms. The third-order valence-corrected chi connectivity index (χ3v) is 8.83. The maximum Gasteiger partial charge on any atom is 0.210 e. The lowest BCUT2D eigenvalue weighted by atomic mass is 9.89. The van der Waals surface area contributed by atoms with Gasteiger partial charge in [0.15, 0.2) is 6.10 Å². The van der Waals surface area contributed by atoms with E-state index in [1.807, 2.05) is 78.9 Å². The Labute approximate surface area is 237 Å². The molecule has 0 saturated heterocycles. The van der Waals surface area contributed by atoms with Crippen LogP contribution in [0.2, 0.25) is 0 Å². The van der Waals surface area contributed by atoms with Crippen LogP contribution in [0.1, 0.15) is 33.3 Å². The molecule has 4 aromatic carbocycles. The van der Waals surface area contributed by atoms with Gasteiger partial charge < -0.3 is 14.2 Å². The zero-order valence-electron chi connectivity index (χ0n) is 21.1. The minimum Gasteiger partial charge on any atom is -0.497 e. The van der Waals surface area contributed by atoms with E-state index in [2.05, 4.69) is 32.5 Å². The van der Waals surface area contributed by atoms with E-state index in [1.165, 1.54) is 0 Å². The molecule has 0 unspecified atom stereocenters. The number of aromatic nitrogens is 1. The van der Waals surface area contributed by atoms with Crippen LogP contribution in [0.25, 0.3) is 26.2 Å². The number of ketones is 1. The van der Waals surface area contributed by atoms with Gasteiger partial charge in [-0.1, -0.05) is 40.2 Å². The number of para-hydroxylation sites is 1. The normalized spacial score (nSPS) is 14.1. The van der Waals surface area contributed by atoms with Gasteiger partial charge in [-0.05, 0) is 72.3 Å². The van der Waals surface area contributed by atoms with Crippen LogP contribution >= 0.6 is 27.3 Å². The number of thiazole rings is 1. The molecule has 2 aromatic heterocycles. The molecular weight excluding hydrogens is 574 g/mol. The Morgan fingerprint density at radius 2 is 1.59 bits per heavy atom. The van der Waals surface area contributed by atoms with E-state index in [-0.39, 0.29) is 5.78 Å². The van der Waals surface area contributed by atoms with Gasteiger partial charge in [-0.2, -0.15) is 0 Å². The standard InChI is InChI=1S/C32H22BrNO4S/c1-36-21-12-7-18(8-13-21)30(35)29-27-23-17-20(33)11-16-25(23)38-31(19-9-14-22(37-2)15-10-19)28(27)32-34(29)24-5-3-4-6-26(24)39-32/h3-17,31H,1-2H3/t31-/m1/s1. The number of carbonyl (C=O) groups is 1. The summed E-state index contributed by atoms with van der Waals surface area (Å²) in [4.78, 5) is 15.4. The van der Waals surface area contributed by atoms with E-state index in [1.54, 1.807) is 25.6 Å². The van der Waals surface area contributed by atoms with Crippen LogP contribution in [-0.4, -0.2) is 24.4 Å². The maximum absolute atomic E-state index is 14.4. The number of fused-ring (bicyclic) bond motifs is 7. The Morgan fingerprint density at radius 3 is 2.31 bits per heavy atom. The lowest BCUT2D eigenvalue weighted by Gasteiger charge is -2.28. The molecule has 0 radical (unpaired) electrons. The highest BCUT2D eigenvalue weighted by Crippen LogP contribution is 2.52. The number of halogens is 1. The minimum absolute atomic E-state index is 0.0567. The number of hydrogen-bond acceptors (Lipinski definition) is 5. The van der Waals surface area contributed by atoms with Crippen molar-refractivity contribution in [2.75, 3.05) is 14.2 Å². The van der Waals surface area contributed by atoms with E-state index in [9.17, 15) is 4.79 Å². The van der Waals surface area contributed by atoms with Crippen molar-refractivity contribution < 1.29 is 19.0 Å². The van der Waals surface area contributed by atoms with Gasteiger partial charge in [0.2, 0.25) is 5.78 Å². The van der Waals surface area contributed by atoms with Crippen molar-refractivity contribution in [2.24, 2.45) is 0 Å². The topological polar surface area (TPSA) is 49.2 Å². The molecule has 0 N–H and O–H groups in total. The molecule has 7 heteroatoms.